The first-order chi connectivity index (χ1) is 6.50. The molecule has 0 unspecified atom stereocenters. The summed E-state index contributed by atoms with van der Waals surface area (Å²) < 4.78 is 0. The van der Waals surface area contributed by atoms with Crippen LogP contribution in [0, 0.1) is 13.8 Å². The number of thiazole rings is 1. The van der Waals surface area contributed by atoms with Crippen LogP contribution in [0.4, 0.5) is 0 Å². The van der Waals surface area contributed by atoms with E-state index in [9.17, 15) is 4.79 Å². The summed E-state index contributed by atoms with van der Waals surface area (Å²) in [5.74, 6) is -0.158. The van der Waals surface area contributed by atoms with Crippen molar-refractivity contribution < 1.29 is 9.90 Å². The van der Waals surface area contributed by atoms with Crippen molar-refractivity contribution in [1.82, 2.24) is 10.3 Å². The Morgan fingerprint density at radius 3 is 2.71 bits per heavy atom. The molecular formula is C9H14N2O2S. The molecule has 1 aromatic heterocycles. The maximum Gasteiger partial charge on any atom is 0.263 e. The number of nitrogens with one attached hydrogen (secondary N) is 1. The Balaban J connectivity index is 2.65. The lowest BCUT2D eigenvalue weighted by molar-refractivity contribution is 0.0927. The number of aromatic nitrogens is 1. The molecule has 0 aliphatic carbocycles. The first-order valence-corrected chi connectivity index (χ1v) is 5.22. The van der Waals surface area contributed by atoms with E-state index >= 15 is 0 Å². The van der Waals surface area contributed by atoms with E-state index in [2.05, 4.69) is 10.3 Å². The van der Waals surface area contributed by atoms with Gasteiger partial charge in [0.05, 0.1) is 16.8 Å². The number of carbonyl (C=O) groups is 1. The third kappa shape index (κ3) is 2.78. The minimum absolute atomic E-state index is 0.158. The molecule has 0 saturated carbocycles. The van der Waals surface area contributed by atoms with Crippen LogP contribution in [0.1, 0.15) is 27.3 Å². The standard InChI is InChI=1S/C9H14N2O2S/c1-5(12)4-10-9(13)8-6(2)11-7(3)14-8/h5,12H,4H2,1-3H3,(H,10,13)/t5-/m0/s1. The summed E-state index contributed by atoms with van der Waals surface area (Å²) in [5.41, 5.74) is 0.746. The minimum Gasteiger partial charge on any atom is -0.392 e. The van der Waals surface area contributed by atoms with Crippen molar-refractivity contribution in [2.45, 2.75) is 26.9 Å². The van der Waals surface area contributed by atoms with E-state index in [0.717, 1.165) is 10.7 Å². The first kappa shape index (κ1) is 11.1. The Hall–Kier alpha value is -0.940. The minimum atomic E-state index is -0.520. The largest absolute Gasteiger partial charge is 0.392 e. The van der Waals surface area contributed by atoms with E-state index in [1.54, 1.807) is 13.8 Å². The smallest absolute Gasteiger partial charge is 0.263 e. The van der Waals surface area contributed by atoms with Crippen molar-refractivity contribution in [1.29, 1.82) is 0 Å². The summed E-state index contributed by atoms with van der Waals surface area (Å²) in [5, 5.41) is 12.5. The van der Waals surface area contributed by atoms with Crippen molar-refractivity contribution >= 4 is 17.2 Å². The number of amides is 1. The van der Waals surface area contributed by atoms with E-state index in [0.29, 0.717) is 4.88 Å². The van der Waals surface area contributed by atoms with Gasteiger partial charge < -0.3 is 10.4 Å². The number of rotatable bonds is 3. The highest BCUT2D eigenvalue weighted by Gasteiger charge is 2.13. The Labute approximate surface area is 87.0 Å². The highest BCUT2D eigenvalue weighted by atomic mass is 32.1. The van der Waals surface area contributed by atoms with Gasteiger partial charge in [-0.3, -0.25) is 4.79 Å². The first-order valence-electron chi connectivity index (χ1n) is 4.41. The molecule has 0 aromatic carbocycles. The molecule has 2 N–H and O–H groups in total. The number of nitrogens with zero attached hydrogens (tertiary/aromatic N) is 1. The van der Waals surface area contributed by atoms with Crippen LogP contribution >= 0.6 is 11.3 Å². The Kier molecular flexibility index (Phi) is 3.60. The lowest BCUT2D eigenvalue weighted by Crippen LogP contribution is -2.30. The zero-order chi connectivity index (χ0) is 10.7. The summed E-state index contributed by atoms with van der Waals surface area (Å²) in [6.07, 6.45) is -0.520. The fourth-order valence-corrected chi connectivity index (χ4v) is 1.90. The second kappa shape index (κ2) is 4.52. The van der Waals surface area contributed by atoms with Gasteiger partial charge in [0.2, 0.25) is 0 Å². The highest BCUT2D eigenvalue weighted by Crippen LogP contribution is 2.16. The van der Waals surface area contributed by atoms with Gasteiger partial charge in [-0.05, 0) is 20.8 Å². The van der Waals surface area contributed by atoms with E-state index in [1.165, 1.54) is 11.3 Å². The van der Waals surface area contributed by atoms with Crippen LogP contribution in [0.3, 0.4) is 0 Å². The van der Waals surface area contributed by atoms with Gasteiger partial charge >= 0.3 is 0 Å². The Morgan fingerprint density at radius 2 is 2.29 bits per heavy atom. The fourth-order valence-electron chi connectivity index (χ4n) is 1.06. The fraction of sp³-hybridized carbons (Fsp3) is 0.556. The normalized spacial score (nSPS) is 12.6. The quantitative estimate of drug-likeness (QED) is 0.785. The molecule has 0 bridgehead atoms. The summed E-state index contributed by atoms with van der Waals surface area (Å²) in [6, 6.07) is 0. The predicted molar refractivity (Wildman–Crippen MR) is 55.6 cm³/mol. The molecule has 0 aliphatic rings. The Bertz CT molecular complexity index is 334. The molecular weight excluding hydrogens is 200 g/mol. The number of aliphatic hydroxyl groups excluding tert-OH is 1. The number of hydrogen-bond acceptors (Lipinski definition) is 4. The monoisotopic (exact) mass is 214 g/mol. The van der Waals surface area contributed by atoms with E-state index in [1.807, 2.05) is 6.92 Å². The third-order valence-electron chi connectivity index (χ3n) is 1.67. The molecule has 0 saturated heterocycles. The zero-order valence-electron chi connectivity index (χ0n) is 8.50. The third-order valence-corrected chi connectivity index (χ3v) is 2.74. The maximum absolute atomic E-state index is 11.5. The summed E-state index contributed by atoms with van der Waals surface area (Å²) in [6.45, 7) is 5.57. The van der Waals surface area contributed by atoms with Crippen molar-refractivity contribution in [3.05, 3.63) is 15.6 Å². The predicted octanol–water partition coefficient (Wildman–Crippen LogP) is 0.871. The lowest BCUT2D eigenvalue weighted by atomic mass is 10.3. The van der Waals surface area contributed by atoms with Gasteiger partial charge in [-0.1, -0.05) is 0 Å². The molecule has 78 valence electrons. The highest BCUT2D eigenvalue weighted by molar-refractivity contribution is 7.13. The van der Waals surface area contributed by atoms with Gasteiger partial charge in [0.15, 0.2) is 0 Å². The van der Waals surface area contributed by atoms with Crippen LogP contribution < -0.4 is 5.32 Å². The molecule has 5 heteroatoms. The summed E-state index contributed by atoms with van der Waals surface area (Å²) in [4.78, 5) is 16.3. The van der Waals surface area contributed by atoms with E-state index in [4.69, 9.17) is 5.11 Å². The van der Waals surface area contributed by atoms with Crippen LogP contribution in [0.2, 0.25) is 0 Å². The topological polar surface area (TPSA) is 62.2 Å². The van der Waals surface area contributed by atoms with Gasteiger partial charge in [-0.2, -0.15) is 0 Å². The molecule has 14 heavy (non-hydrogen) atoms. The second-order valence-electron chi connectivity index (χ2n) is 3.21. The molecule has 1 rings (SSSR count). The lowest BCUT2D eigenvalue weighted by Gasteiger charge is -2.05. The number of hydrogen-bond donors (Lipinski definition) is 2. The zero-order valence-corrected chi connectivity index (χ0v) is 9.31. The van der Waals surface area contributed by atoms with Crippen LogP contribution in [0.15, 0.2) is 0 Å². The summed E-state index contributed by atoms with van der Waals surface area (Å²) >= 11 is 1.37. The Morgan fingerprint density at radius 1 is 1.64 bits per heavy atom. The van der Waals surface area contributed by atoms with Crippen molar-refractivity contribution in [3.8, 4) is 0 Å². The van der Waals surface area contributed by atoms with Crippen LogP contribution in [-0.2, 0) is 0 Å². The van der Waals surface area contributed by atoms with Crippen molar-refractivity contribution in [2.24, 2.45) is 0 Å². The number of aliphatic hydroxyl groups is 1. The maximum atomic E-state index is 11.5. The van der Waals surface area contributed by atoms with Gasteiger partial charge in [0, 0.05) is 6.54 Å². The summed E-state index contributed by atoms with van der Waals surface area (Å²) in [7, 11) is 0. The van der Waals surface area contributed by atoms with Crippen LogP contribution in [0.5, 0.6) is 0 Å². The van der Waals surface area contributed by atoms with Crippen molar-refractivity contribution in [3.63, 3.8) is 0 Å². The van der Waals surface area contributed by atoms with Gasteiger partial charge in [-0.15, -0.1) is 11.3 Å². The molecule has 1 heterocycles. The van der Waals surface area contributed by atoms with Crippen LogP contribution in [-0.4, -0.2) is 28.6 Å². The number of carbonyl (C=O) groups excluding carboxylic acids is 1. The molecule has 1 atom stereocenters. The van der Waals surface area contributed by atoms with Gasteiger partial charge in [-0.25, -0.2) is 4.98 Å². The number of aryl methyl sites for hydroxylation is 2. The van der Waals surface area contributed by atoms with E-state index < -0.39 is 6.10 Å². The van der Waals surface area contributed by atoms with Gasteiger partial charge in [0.1, 0.15) is 4.88 Å². The molecule has 4 nitrogen and oxygen atoms in total. The molecule has 0 spiro atoms. The molecule has 1 aromatic rings. The van der Waals surface area contributed by atoms with Crippen LogP contribution in [0.25, 0.3) is 0 Å². The molecule has 1 amide bonds. The molecule has 0 fully saturated rings. The SMILES string of the molecule is Cc1nc(C)c(C(=O)NC[C@H](C)O)s1. The van der Waals surface area contributed by atoms with Crippen molar-refractivity contribution in [2.75, 3.05) is 6.54 Å². The van der Waals surface area contributed by atoms with E-state index in [-0.39, 0.29) is 12.5 Å². The van der Waals surface area contributed by atoms with Gasteiger partial charge in [0.25, 0.3) is 5.91 Å². The average Bonchev–Trinajstić information content (AvgIpc) is 2.41. The average molecular weight is 214 g/mol. The molecule has 0 radical (unpaired) electrons. The second-order valence-corrected chi connectivity index (χ2v) is 4.41. The molecule has 0 aliphatic heterocycles.